The number of hydrogen-bond donors (Lipinski definition) is 0. The number of carbonyl (C=O) groups excluding carboxylic acids is 1. The fourth-order valence-corrected chi connectivity index (χ4v) is 3.21. The van der Waals surface area contributed by atoms with Crippen LogP contribution in [0.5, 0.6) is 0 Å². The lowest BCUT2D eigenvalue weighted by Gasteiger charge is -2.06. The van der Waals surface area contributed by atoms with E-state index in [2.05, 4.69) is 4.98 Å². The first-order valence-electron chi connectivity index (χ1n) is 5.63. The zero-order valence-corrected chi connectivity index (χ0v) is 10.9. The number of rotatable bonds is 1. The summed E-state index contributed by atoms with van der Waals surface area (Å²) in [6, 6.07) is 4.59. The number of benzene rings is 1. The number of aromatic nitrogens is 1. The maximum atomic E-state index is 13.4. The van der Waals surface area contributed by atoms with Gasteiger partial charge in [-0.3, -0.25) is 4.79 Å². The minimum absolute atomic E-state index is 0.0937. The van der Waals surface area contributed by atoms with Gasteiger partial charge in [-0.2, -0.15) is 0 Å². The van der Waals surface area contributed by atoms with E-state index >= 15 is 0 Å². The zero-order chi connectivity index (χ0) is 12.7. The standard InChI is InChI=1S/C13H9ClFNOS/c14-8-5-4-7(6-9(8)15)13-16-10-2-1-3-11(17)12(10)18-13/h4-6H,1-3H2. The number of halogens is 2. The smallest absolute Gasteiger partial charge is 0.174 e. The van der Waals surface area contributed by atoms with E-state index in [9.17, 15) is 9.18 Å². The van der Waals surface area contributed by atoms with Crippen molar-refractivity contribution in [1.82, 2.24) is 4.98 Å². The van der Waals surface area contributed by atoms with Crippen molar-refractivity contribution in [3.63, 3.8) is 0 Å². The van der Waals surface area contributed by atoms with Crippen molar-refractivity contribution in [3.8, 4) is 10.6 Å². The summed E-state index contributed by atoms with van der Waals surface area (Å²) in [7, 11) is 0. The average Bonchev–Trinajstić information content (AvgIpc) is 2.78. The molecule has 0 amide bonds. The second-order valence-corrected chi connectivity index (χ2v) is 5.61. The van der Waals surface area contributed by atoms with Gasteiger partial charge in [0.05, 0.1) is 15.6 Å². The number of fused-ring (bicyclic) bond motifs is 1. The number of Topliss-reactive ketones (excluding diaryl/α,β-unsaturated/α-hetero) is 1. The fourth-order valence-electron chi connectivity index (χ4n) is 2.02. The molecule has 0 N–H and O–H groups in total. The van der Waals surface area contributed by atoms with Gasteiger partial charge in [0.1, 0.15) is 10.8 Å². The van der Waals surface area contributed by atoms with Gasteiger partial charge in [0.15, 0.2) is 5.78 Å². The summed E-state index contributed by atoms with van der Waals surface area (Å²) in [5, 5.41) is 0.780. The third kappa shape index (κ3) is 1.95. The van der Waals surface area contributed by atoms with E-state index in [4.69, 9.17) is 11.6 Å². The van der Waals surface area contributed by atoms with Crippen LogP contribution in [0.2, 0.25) is 5.02 Å². The summed E-state index contributed by atoms with van der Waals surface area (Å²) < 4.78 is 13.4. The average molecular weight is 282 g/mol. The zero-order valence-electron chi connectivity index (χ0n) is 9.37. The highest BCUT2D eigenvalue weighted by atomic mass is 35.5. The number of ketones is 1. The summed E-state index contributed by atoms with van der Waals surface area (Å²) in [5.41, 5.74) is 1.52. The summed E-state index contributed by atoms with van der Waals surface area (Å²) in [6.07, 6.45) is 2.27. The minimum Gasteiger partial charge on any atom is -0.293 e. The molecule has 1 aromatic carbocycles. The quantitative estimate of drug-likeness (QED) is 0.787. The van der Waals surface area contributed by atoms with Crippen molar-refractivity contribution < 1.29 is 9.18 Å². The molecule has 2 nitrogen and oxygen atoms in total. The van der Waals surface area contributed by atoms with Crippen LogP contribution in [-0.2, 0) is 6.42 Å². The molecule has 0 aliphatic heterocycles. The van der Waals surface area contributed by atoms with Crippen molar-refractivity contribution in [2.24, 2.45) is 0 Å². The van der Waals surface area contributed by atoms with Gasteiger partial charge in [-0.25, -0.2) is 9.37 Å². The van der Waals surface area contributed by atoms with Crippen molar-refractivity contribution >= 4 is 28.7 Å². The van der Waals surface area contributed by atoms with Crippen LogP contribution in [0, 0.1) is 5.82 Å². The van der Waals surface area contributed by atoms with E-state index in [1.807, 2.05) is 0 Å². The Bertz CT molecular complexity index is 638. The van der Waals surface area contributed by atoms with Gasteiger partial charge in [-0.15, -0.1) is 11.3 Å². The Balaban J connectivity index is 2.07. The van der Waals surface area contributed by atoms with Crippen LogP contribution < -0.4 is 0 Å². The second-order valence-electron chi connectivity index (χ2n) is 4.20. The molecule has 3 rings (SSSR count). The van der Waals surface area contributed by atoms with Gasteiger partial charge in [0, 0.05) is 12.0 Å². The third-order valence-electron chi connectivity index (χ3n) is 2.93. The van der Waals surface area contributed by atoms with Crippen molar-refractivity contribution in [1.29, 1.82) is 0 Å². The molecule has 0 radical (unpaired) electrons. The van der Waals surface area contributed by atoms with Crippen LogP contribution in [0.15, 0.2) is 18.2 Å². The van der Waals surface area contributed by atoms with Gasteiger partial charge < -0.3 is 0 Å². The molecule has 0 fully saturated rings. The lowest BCUT2D eigenvalue weighted by Crippen LogP contribution is -2.07. The number of nitrogens with zero attached hydrogens (tertiary/aromatic N) is 1. The molecule has 0 atom stereocenters. The highest BCUT2D eigenvalue weighted by molar-refractivity contribution is 7.17. The Labute approximate surface area is 112 Å². The van der Waals surface area contributed by atoms with E-state index in [1.54, 1.807) is 6.07 Å². The van der Waals surface area contributed by atoms with Crippen LogP contribution >= 0.6 is 22.9 Å². The molecule has 1 aliphatic rings. The van der Waals surface area contributed by atoms with E-state index in [0.717, 1.165) is 23.4 Å². The Morgan fingerprint density at radius 2 is 2.17 bits per heavy atom. The molecule has 5 heteroatoms. The van der Waals surface area contributed by atoms with Crippen molar-refractivity contribution in [3.05, 3.63) is 39.6 Å². The van der Waals surface area contributed by atoms with Crippen LogP contribution in [0.1, 0.15) is 28.2 Å². The highest BCUT2D eigenvalue weighted by Crippen LogP contribution is 2.33. The molecule has 1 aliphatic carbocycles. The summed E-state index contributed by atoms with van der Waals surface area (Å²) in [6.45, 7) is 0. The summed E-state index contributed by atoms with van der Waals surface area (Å²) in [5.74, 6) is -0.317. The first-order chi connectivity index (χ1) is 8.65. The van der Waals surface area contributed by atoms with Gasteiger partial charge in [-0.1, -0.05) is 17.7 Å². The number of carbonyl (C=O) groups is 1. The minimum atomic E-state index is -0.464. The monoisotopic (exact) mass is 281 g/mol. The predicted octanol–water partition coefficient (Wildman–Crippen LogP) is 4.12. The Morgan fingerprint density at radius 3 is 2.89 bits per heavy atom. The van der Waals surface area contributed by atoms with E-state index in [-0.39, 0.29) is 10.8 Å². The Hall–Kier alpha value is -1.26. The molecular weight excluding hydrogens is 273 g/mol. The van der Waals surface area contributed by atoms with Crippen LogP contribution in [0.4, 0.5) is 4.39 Å². The topological polar surface area (TPSA) is 30.0 Å². The fraction of sp³-hybridized carbons (Fsp3) is 0.231. The number of aryl methyl sites for hydroxylation is 1. The van der Waals surface area contributed by atoms with E-state index < -0.39 is 5.82 Å². The molecule has 0 saturated carbocycles. The molecule has 92 valence electrons. The molecule has 1 heterocycles. The molecule has 2 aromatic rings. The first-order valence-corrected chi connectivity index (χ1v) is 6.83. The van der Waals surface area contributed by atoms with Gasteiger partial charge in [0.25, 0.3) is 0 Å². The maximum Gasteiger partial charge on any atom is 0.174 e. The van der Waals surface area contributed by atoms with Gasteiger partial charge in [-0.05, 0) is 25.0 Å². The maximum absolute atomic E-state index is 13.4. The molecular formula is C13H9ClFNOS. The lowest BCUT2D eigenvalue weighted by atomic mass is 10.0. The van der Waals surface area contributed by atoms with Gasteiger partial charge in [0.2, 0.25) is 0 Å². The van der Waals surface area contributed by atoms with Crippen molar-refractivity contribution in [2.45, 2.75) is 19.3 Å². The lowest BCUT2D eigenvalue weighted by molar-refractivity contribution is 0.0976. The van der Waals surface area contributed by atoms with Crippen LogP contribution in [0.25, 0.3) is 10.6 Å². The molecule has 0 bridgehead atoms. The number of thiazole rings is 1. The molecule has 1 aromatic heterocycles. The van der Waals surface area contributed by atoms with E-state index in [1.165, 1.54) is 23.5 Å². The molecule has 0 unspecified atom stereocenters. The predicted molar refractivity (Wildman–Crippen MR) is 69.8 cm³/mol. The van der Waals surface area contributed by atoms with Gasteiger partial charge >= 0.3 is 0 Å². The summed E-state index contributed by atoms with van der Waals surface area (Å²) >= 11 is 6.99. The summed E-state index contributed by atoms with van der Waals surface area (Å²) in [4.78, 5) is 16.9. The Morgan fingerprint density at radius 1 is 1.33 bits per heavy atom. The molecule has 0 saturated heterocycles. The third-order valence-corrected chi connectivity index (χ3v) is 4.43. The molecule has 18 heavy (non-hydrogen) atoms. The second kappa shape index (κ2) is 4.44. The largest absolute Gasteiger partial charge is 0.293 e. The number of hydrogen-bond acceptors (Lipinski definition) is 3. The normalized spacial score (nSPS) is 14.7. The SMILES string of the molecule is O=C1CCCc2nc(-c3ccc(Cl)c(F)c3)sc21. The van der Waals surface area contributed by atoms with Crippen LogP contribution in [0.3, 0.4) is 0 Å². The highest BCUT2D eigenvalue weighted by Gasteiger charge is 2.22. The Kier molecular flexibility index (Phi) is 2.92. The van der Waals surface area contributed by atoms with Crippen LogP contribution in [-0.4, -0.2) is 10.8 Å². The molecule has 0 spiro atoms. The first kappa shape index (κ1) is 11.8. The van der Waals surface area contributed by atoms with Crippen molar-refractivity contribution in [2.75, 3.05) is 0 Å². The van der Waals surface area contributed by atoms with E-state index in [0.29, 0.717) is 17.0 Å².